The second-order valence-electron chi connectivity index (χ2n) is 22.2. The standard InChI is InChI=1S/C60H74F2N10O9/c1-38(2)52(68-49(73)18-10-7-11-31-70-50(74)25-26-51(70)75)56(77)67-46(16-12-30-64-58(63)79)55(76)65-43-22-19-41(20-23-43)37-81-39(3)72-59(4,5)53(71(32-29-60(72)27-28-60)57(78)48-17-13-33-80-48)54-66-47(44-34-42(61)21-24-45(44)62)36-69(54)35-40-14-8-6-9-15-40/h6,8-9,14-15,19-26,34,36,38,46,48,52-53H,3,7,10-13,16-18,27-33,35,37H2,1-2,4-5H3,(H,65,76)(H,67,77)(H,68,73)(H3,63,64,79)/t46-,48-,52-,53-/m0/s1. The number of imide groups is 1. The number of rotatable bonds is 25. The maximum absolute atomic E-state index is 15.6. The van der Waals surface area contributed by atoms with Crippen LogP contribution in [0.5, 0.6) is 0 Å². The van der Waals surface area contributed by atoms with Gasteiger partial charge in [-0.15, -0.1) is 0 Å². The molecule has 4 atom stereocenters. The van der Waals surface area contributed by atoms with Crippen LogP contribution in [0, 0.1) is 17.6 Å². The molecule has 4 heterocycles. The second-order valence-corrected chi connectivity index (χ2v) is 22.2. The van der Waals surface area contributed by atoms with E-state index >= 15 is 4.39 Å². The zero-order valence-electron chi connectivity index (χ0n) is 46.5. The van der Waals surface area contributed by atoms with E-state index in [2.05, 4.69) is 32.7 Å². The van der Waals surface area contributed by atoms with Crippen LogP contribution >= 0.6 is 0 Å². The van der Waals surface area contributed by atoms with Crippen molar-refractivity contribution in [1.29, 1.82) is 0 Å². The molecule has 6 N–H and O–H groups in total. The molecule has 8 amide bonds. The van der Waals surface area contributed by atoms with Crippen LogP contribution in [0.2, 0.25) is 0 Å². The van der Waals surface area contributed by atoms with Crippen LogP contribution in [0.3, 0.4) is 0 Å². The highest BCUT2D eigenvalue weighted by molar-refractivity contribution is 6.12. The summed E-state index contributed by atoms with van der Waals surface area (Å²) in [6.07, 6.45) is 9.13. The second kappa shape index (κ2) is 26.1. The Balaban J connectivity index is 0.959. The van der Waals surface area contributed by atoms with Gasteiger partial charge in [-0.1, -0.05) is 62.7 Å². The minimum absolute atomic E-state index is 0.00639. The predicted molar refractivity (Wildman–Crippen MR) is 298 cm³/mol. The number of hydrogen-bond acceptors (Lipinski definition) is 11. The average Bonchev–Trinajstić information content (AvgIpc) is 2.68. The molecule has 0 radical (unpaired) electrons. The molecule has 8 rings (SSSR count). The SMILES string of the molecule is C=C(OCc1ccc(NC(=O)[C@H](CCCNC(N)=O)NC(=O)[C@@H](NC(=O)CCCCCN2C(=O)C=CC2=O)C(C)C)cc1)N1C2(CCN(C(=O)[C@@H]3CCCO3)[C@@H](c3nc(-c4cc(F)ccc4F)cn3Cc3ccccc3)C1(C)C)CC2. The van der Waals surface area contributed by atoms with Crippen LogP contribution in [0.15, 0.2) is 104 Å². The number of urea groups is 1. The Bertz CT molecular complexity index is 2970. The molecule has 1 spiro atoms. The van der Waals surface area contributed by atoms with Crippen LogP contribution in [-0.2, 0) is 51.4 Å². The first-order valence-electron chi connectivity index (χ1n) is 27.9. The average molecular weight is 1120 g/mol. The summed E-state index contributed by atoms with van der Waals surface area (Å²) in [4.78, 5) is 101. The Morgan fingerprint density at radius 2 is 1.62 bits per heavy atom. The number of halogens is 2. The molecular formula is C60H74F2N10O9. The number of nitrogens with two attached hydrogens (primary N) is 1. The normalized spacial score (nSPS) is 18.8. The van der Waals surface area contributed by atoms with Crippen LogP contribution in [0.25, 0.3) is 11.3 Å². The van der Waals surface area contributed by atoms with Crippen LogP contribution in [0.4, 0.5) is 19.3 Å². The maximum atomic E-state index is 15.6. The monoisotopic (exact) mass is 1120 g/mol. The van der Waals surface area contributed by atoms with Crippen molar-refractivity contribution < 1.29 is 51.8 Å². The molecule has 3 fully saturated rings. The number of ether oxygens (including phenoxy) is 2. The smallest absolute Gasteiger partial charge is 0.312 e. The summed E-state index contributed by atoms with van der Waals surface area (Å²) in [5, 5.41) is 11.0. The Kier molecular flexibility index (Phi) is 19.1. The molecule has 1 saturated carbocycles. The van der Waals surface area contributed by atoms with Crippen LogP contribution < -0.4 is 27.0 Å². The van der Waals surface area contributed by atoms with Crippen molar-refractivity contribution in [3.05, 3.63) is 132 Å². The molecule has 3 aromatic carbocycles. The van der Waals surface area contributed by atoms with E-state index in [1.807, 2.05) is 53.6 Å². The molecule has 4 aliphatic rings. The number of unbranched alkanes of at least 4 members (excludes halogenated alkanes) is 2. The van der Waals surface area contributed by atoms with Crippen molar-refractivity contribution in [3.63, 3.8) is 0 Å². The zero-order valence-corrected chi connectivity index (χ0v) is 46.5. The highest BCUT2D eigenvalue weighted by Crippen LogP contribution is 2.56. The molecule has 2 saturated heterocycles. The lowest BCUT2D eigenvalue weighted by atomic mass is 9.88. The molecule has 21 heteroatoms. The third-order valence-corrected chi connectivity index (χ3v) is 15.5. The maximum Gasteiger partial charge on any atom is 0.312 e. The number of carbonyl (C=O) groups excluding carboxylic acids is 7. The third-order valence-electron chi connectivity index (χ3n) is 15.5. The summed E-state index contributed by atoms with van der Waals surface area (Å²) in [6.45, 7) is 13.8. The fraction of sp³-hybridized carbons (Fsp3) is 0.467. The van der Waals surface area contributed by atoms with Gasteiger partial charge in [0.15, 0.2) is 5.88 Å². The van der Waals surface area contributed by atoms with Crippen molar-refractivity contribution >= 4 is 47.2 Å². The van der Waals surface area contributed by atoms with Gasteiger partial charge in [0.2, 0.25) is 17.7 Å². The molecule has 3 aliphatic heterocycles. The fourth-order valence-corrected chi connectivity index (χ4v) is 11.3. The van der Waals surface area contributed by atoms with E-state index in [0.29, 0.717) is 69.2 Å². The van der Waals surface area contributed by atoms with E-state index < -0.39 is 64.8 Å². The topological polar surface area (TPSA) is 240 Å². The van der Waals surface area contributed by atoms with Gasteiger partial charge in [-0.05, 0) is 126 Å². The number of benzene rings is 3. The highest BCUT2D eigenvalue weighted by Gasteiger charge is 2.60. The summed E-state index contributed by atoms with van der Waals surface area (Å²) in [5.74, 6) is -3.10. The van der Waals surface area contributed by atoms with Gasteiger partial charge in [0.25, 0.3) is 17.7 Å². The Morgan fingerprint density at radius 3 is 2.28 bits per heavy atom. The molecule has 1 aromatic heterocycles. The summed E-state index contributed by atoms with van der Waals surface area (Å²) >= 11 is 0. The number of hydrogen-bond donors (Lipinski definition) is 5. The first-order chi connectivity index (χ1) is 38.7. The van der Waals surface area contributed by atoms with E-state index in [-0.39, 0.29) is 79.8 Å². The third kappa shape index (κ3) is 14.5. The largest absolute Gasteiger partial charge is 0.475 e. The van der Waals surface area contributed by atoms with Crippen molar-refractivity contribution in [1.82, 2.24) is 40.2 Å². The van der Waals surface area contributed by atoms with E-state index in [1.165, 1.54) is 12.2 Å². The lowest BCUT2D eigenvalue weighted by molar-refractivity contribution is -0.146. The first-order valence-corrected chi connectivity index (χ1v) is 27.9. The van der Waals surface area contributed by atoms with Crippen molar-refractivity contribution in [2.24, 2.45) is 11.7 Å². The van der Waals surface area contributed by atoms with Gasteiger partial charge in [0, 0.05) is 74.3 Å². The van der Waals surface area contributed by atoms with Crippen molar-refractivity contribution in [3.8, 4) is 11.3 Å². The van der Waals surface area contributed by atoms with E-state index in [0.717, 1.165) is 53.5 Å². The number of nitrogens with one attached hydrogen (secondary N) is 4. The van der Waals surface area contributed by atoms with Crippen LogP contribution in [0.1, 0.15) is 121 Å². The molecule has 0 unspecified atom stereocenters. The number of amides is 8. The van der Waals surface area contributed by atoms with E-state index in [1.54, 1.807) is 44.3 Å². The quantitative estimate of drug-likeness (QED) is 0.0254. The predicted octanol–water partition coefficient (Wildman–Crippen LogP) is 7.13. The molecule has 81 heavy (non-hydrogen) atoms. The van der Waals surface area contributed by atoms with Crippen molar-refractivity contribution in [2.75, 3.05) is 31.6 Å². The van der Waals surface area contributed by atoms with Gasteiger partial charge in [-0.25, -0.2) is 18.6 Å². The summed E-state index contributed by atoms with van der Waals surface area (Å²) < 4.78 is 44.9. The van der Waals surface area contributed by atoms with E-state index in [9.17, 15) is 38.0 Å². The minimum atomic E-state index is -1.07. The summed E-state index contributed by atoms with van der Waals surface area (Å²) in [6, 6.07) is 16.4. The Hall–Kier alpha value is -7.94. The number of primary amides is 1. The highest BCUT2D eigenvalue weighted by atomic mass is 19.1. The fourth-order valence-electron chi connectivity index (χ4n) is 11.3. The van der Waals surface area contributed by atoms with Gasteiger partial charge >= 0.3 is 6.03 Å². The van der Waals surface area contributed by atoms with Crippen LogP contribution in [-0.4, -0.2) is 121 Å². The number of nitrogens with zero attached hydrogens (tertiary/aromatic N) is 5. The van der Waals surface area contributed by atoms with Crippen molar-refractivity contribution in [2.45, 2.75) is 147 Å². The van der Waals surface area contributed by atoms with E-state index in [4.69, 9.17) is 20.2 Å². The van der Waals surface area contributed by atoms with Gasteiger partial charge in [0.05, 0.1) is 11.2 Å². The van der Waals surface area contributed by atoms with Gasteiger partial charge in [-0.3, -0.25) is 33.7 Å². The molecule has 1 aliphatic carbocycles. The summed E-state index contributed by atoms with van der Waals surface area (Å²) in [7, 11) is 0. The molecular weight excluding hydrogens is 1040 g/mol. The number of imidazole rings is 1. The molecule has 0 bridgehead atoms. The summed E-state index contributed by atoms with van der Waals surface area (Å²) in [5.41, 5.74) is 6.20. The minimum Gasteiger partial charge on any atom is -0.475 e. The Morgan fingerprint density at radius 1 is 0.889 bits per heavy atom. The zero-order chi connectivity index (χ0) is 58.0. The van der Waals surface area contributed by atoms with Gasteiger partial charge < -0.3 is 50.8 Å². The lowest BCUT2D eigenvalue weighted by Crippen LogP contribution is -2.57. The molecule has 432 valence electrons. The first kappa shape index (κ1) is 59.2. The Labute approximate surface area is 471 Å². The molecule has 19 nitrogen and oxygen atoms in total. The number of carbonyl (C=O) groups is 7. The number of aromatic nitrogens is 2. The number of anilines is 1. The van der Waals surface area contributed by atoms with Gasteiger partial charge in [0.1, 0.15) is 48.3 Å². The van der Waals surface area contributed by atoms with Gasteiger partial charge in [-0.2, -0.15) is 0 Å². The molecule has 4 aromatic rings. The lowest BCUT2D eigenvalue weighted by Gasteiger charge is -2.49.